The molecule has 3 aliphatic carbocycles. The third-order valence-electron chi connectivity index (χ3n) is 6.75. The fraction of sp³-hybridized carbons (Fsp3) is 0.400. The highest BCUT2D eigenvalue weighted by Crippen LogP contribution is 2.58. The fourth-order valence-electron chi connectivity index (χ4n) is 5.22. The molecule has 3 atom stereocenters. The molecule has 5 rings (SSSR count). The quantitative estimate of drug-likeness (QED) is 0.300. The van der Waals surface area contributed by atoms with Gasteiger partial charge in [-0.1, -0.05) is 43.7 Å². The van der Waals surface area contributed by atoms with Crippen molar-refractivity contribution < 1.29 is 30.6 Å². The molecular formula is C25H26F3NO4S. The average Bonchev–Trinajstić information content (AvgIpc) is 2.73. The predicted molar refractivity (Wildman–Crippen MR) is 124 cm³/mol. The SMILES string of the molecule is CC(=O)Nc1ccc(-c2ccc(OS(=O)(=O)C(F)(F)F)c3c2C2CC(C(C)C)C3C=C2C)cc1. The molecule has 34 heavy (non-hydrogen) atoms. The minimum Gasteiger partial charge on any atom is -0.376 e. The molecule has 1 N–H and O–H groups in total. The summed E-state index contributed by atoms with van der Waals surface area (Å²) in [5, 5.41) is 2.71. The van der Waals surface area contributed by atoms with Gasteiger partial charge in [0.2, 0.25) is 5.91 Å². The van der Waals surface area contributed by atoms with E-state index in [0.29, 0.717) is 11.3 Å². The highest BCUT2D eigenvalue weighted by molar-refractivity contribution is 7.88. The number of anilines is 1. The first-order valence-corrected chi connectivity index (χ1v) is 12.4. The van der Waals surface area contributed by atoms with Crippen molar-refractivity contribution in [3.63, 3.8) is 0 Å². The van der Waals surface area contributed by atoms with Gasteiger partial charge < -0.3 is 9.50 Å². The van der Waals surface area contributed by atoms with Crippen molar-refractivity contribution in [2.45, 2.75) is 51.5 Å². The monoisotopic (exact) mass is 493 g/mol. The maximum absolute atomic E-state index is 13.1. The van der Waals surface area contributed by atoms with Gasteiger partial charge in [-0.3, -0.25) is 4.79 Å². The Morgan fingerprint density at radius 1 is 1.09 bits per heavy atom. The number of fused-ring (bicyclic) bond motifs is 1. The summed E-state index contributed by atoms with van der Waals surface area (Å²) < 4.78 is 67.8. The lowest BCUT2D eigenvalue weighted by molar-refractivity contribution is -0.114. The van der Waals surface area contributed by atoms with E-state index in [9.17, 15) is 26.4 Å². The van der Waals surface area contributed by atoms with Crippen LogP contribution < -0.4 is 9.50 Å². The van der Waals surface area contributed by atoms with Crippen LogP contribution in [-0.4, -0.2) is 19.8 Å². The third-order valence-corrected chi connectivity index (χ3v) is 7.71. The van der Waals surface area contributed by atoms with Crippen LogP contribution in [0.1, 0.15) is 57.1 Å². The first-order chi connectivity index (χ1) is 15.8. The van der Waals surface area contributed by atoms with Gasteiger partial charge in [-0.2, -0.15) is 21.6 Å². The second kappa shape index (κ2) is 8.45. The number of hydrogen-bond acceptors (Lipinski definition) is 4. The second-order valence-corrected chi connectivity index (χ2v) is 10.9. The molecule has 3 unspecified atom stereocenters. The lowest BCUT2D eigenvalue weighted by atomic mass is 9.59. The van der Waals surface area contributed by atoms with Gasteiger partial charge in [0.05, 0.1) is 0 Å². The summed E-state index contributed by atoms with van der Waals surface area (Å²) in [4.78, 5) is 11.3. The van der Waals surface area contributed by atoms with Crippen molar-refractivity contribution in [2.24, 2.45) is 11.8 Å². The number of allylic oxidation sites excluding steroid dienone is 2. The molecule has 1 amide bonds. The highest BCUT2D eigenvalue weighted by atomic mass is 32.2. The molecule has 2 aromatic carbocycles. The maximum atomic E-state index is 13.1. The molecule has 3 aliphatic rings. The number of rotatable bonds is 5. The number of alkyl halides is 3. The molecule has 0 radical (unpaired) electrons. The van der Waals surface area contributed by atoms with Gasteiger partial charge >= 0.3 is 15.6 Å². The first kappa shape index (κ1) is 24.3. The summed E-state index contributed by atoms with van der Waals surface area (Å²) in [6, 6.07) is 10.1. The van der Waals surface area contributed by atoms with Crippen LogP contribution in [0.15, 0.2) is 48.0 Å². The Morgan fingerprint density at radius 2 is 1.74 bits per heavy atom. The van der Waals surface area contributed by atoms with E-state index in [1.54, 1.807) is 18.2 Å². The van der Waals surface area contributed by atoms with E-state index < -0.39 is 15.6 Å². The van der Waals surface area contributed by atoms with Crippen LogP contribution in [-0.2, 0) is 14.9 Å². The fourth-order valence-corrected chi connectivity index (χ4v) is 5.70. The van der Waals surface area contributed by atoms with Gasteiger partial charge in [0.25, 0.3) is 0 Å². The standard InChI is InChI=1S/C25H26F3NO4S/c1-13(2)19-12-20-14(3)11-21(19)24-22(33-34(31,32)25(26,27)28)10-9-18(23(20)24)16-5-7-17(8-6-16)29-15(4)30/h5-11,13,19-21H,12H2,1-4H3,(H,29,30). The van der Waals surface area contributed by atoms with Crippen molar-refractivity contribution in [3.8, 4) is 16.9 Å². The molecule has 0 heterocycles. The average molecular weight is 494 g/mol. The van der Waals surface area contributed by atoms with Crippen molar-refractivity contribution in [1.29, 1.82) is 0 Å². The Balaban J connectivity index is 1.89. The molecule has 0 spiro atoms. The predicted octanol–water partition coefficient (Wildman–Crippen LogP) is 6.34. The Hall–Kier alpha value is -2.81. The molecule has 5 nitrogen and oxygen atoms in total. The number of amides is 1. The van der Waals surface area contributed by atoms with Crippen LogP contribution >= 0.6 is 0 Å². The topological polar surface area (TPSA) is 72.5 Å². The highest BCUT2D eigenvalue weighted by Gasteiger charge is 2.50. The summed E-state index contributed by atoms with van der Waals surface area (Å²) in [5.74, 6) is -0.385. The molecule has 0 aromatic heterocycles. The minimum absolute atomic E-state index is 0.0606. The second-order valence-electron chi connectivity index (χ2n) is 9.31. The number of benzene rings is 2. The van der Waals surface area contributed by atoms with Gasteiger partial charge in [-0.05, 0) is 60.1 Å². The normalized spacial score (nSPS) is 21.8. The summed E-state index contributed by atoms with van der Waals surface area (Å²) in [6.07, 6.45) is 2.86. The van der Waals surface area contributed by atoms with Crippen LogP contribution in [0.5, 0.6) is 5.75 Å². The van der Waals surface area contributed by atoms with Crippen molar-refractivity contribution >= 4 is 21.7 Å². The van der Waals surface area contributed by atoms with Crippen LogP contribution in [0, 0.1) is 11.8 Å². The summed E-state index contributed by atoms with van der Waals surface area (Å²) in [7, 11) is -5.81. The van der Waals surface area contributed by atoms with Gasteiger partial charge in [0.15, 0.2) is 0 Å². The molecule has 0 saturated carbocycles. The minimum atomic E-state index is -5.81. The molecular weight excluding hydrogens is 467 g/mol. The molecule has 0 fully saturated rings. The molecule has 9 heteroatoms. The zero-order chi connectivity index (χ0) is 25.0. The van der Waals surface area contributed by atoms with Gasteiger partial charge in [0, 0.05) is 30.0 Å². The van der Waals surface area contributed by atoms with E-state index in [1.807, 2.05) is 25.1 Å². The van der Waals surface area contributed by atoms with Gasteiger partial charge in [-0.15, -0.1) is 0 Å². The Morgan fingerprint density at radius 3 is 2.29 bits per heavy atom. The molecule has 182 valence electrons. The van der Waals surface area contributed by atoms with Crippen molar-refractivity contribution in [1.82, 2.24) is 0 Å². The lowest BCUT2D eigenvalue weighted by Crippen LogP contribution is -2.34. The maximum Gasteiger partial charge on any atom is 0.534 e. The molecule has 2 aromatic rings. The number of nitrogens with one attached hydrogen (secondary N) is 1. The zero-order valence-corrected chi connectivity index (χ0v) is 20.0. The van der Waals surface area contributed by atoms with Crippen LogP contribution in [0.4, 0.5) is 18.9 Å². The van der Waals surface area contributed by atoms with E-state index in [-0.39, 0.29) is 35.3 Å². The van der Waals surface area contributed by atoms with E-state index in [2.05, 4.69) is 19.2 Å². The van der Waals surface area contributed by atoms with Crippen LogP contribution in [0.3, 0.4) is 0 Å². The van der Waals surface area contributed by atoms with E-state index in [4.69, 9.17) is 4.18 Å². The van der Waals surface area contributed by atoms with E-state index >= 15 is 0 Å². The molecule has 0 saturated heterocycles. The summed E-state index contributed by atoms with van der Waals surface area (Å²) >= 11 is 0. The van der Waals surface area contributed by atoms with Crippen molar-refractivity contribution in [2.75, 3.05) is 5.32 Å². The lowest BCUT2D eigenvalue weighted by Gasteiger charge is -2.45. The number of hydrogen-bond donors (Lipinski definition) is 1. The Bertz CT molecular complexity index is 1260. The Labute approximate surface area is 197 Å². The van der Waals surface area contributed by atoms with E-state index in [0.717, 1.165) is 28.7 Å². The van der Waals surface area contributed by atoms with Gasteiger partial charge in [-0.25, -0.2) is 0 Å². The number of carbonyl (C=O) groups is 1. The zero-order valence-electron chi connectivity index (χ0n) is 19.2. The van der Waals surface area contributed by atoms with Crippen LogP contribution in [0.2, 0.25) is 0 Å². The molecule has 0 aliphatic heterocycles. The van der Waals surface area contributed by atoms with E-state index in [1.165, 1.54) is 13.0 Å². The van der Waals surface area contributed by atoms with Crippen molar-refractivity contribution in [3.05, 3.63) is 59.2 Å². The molecule has 2 bridgehead atoms. The van der Waals surface area contributed by atoms with Crippen LogP contribution in [0.25, 0.3) is 11.1 Å². The summed E-state index contributed by atoms with van der Waals surface area (Å²) in [5.41, 5.74) is -0.835. The number of carbonyl (C=O) groups excluding carboxylic acids is 1. The third kappa shape index (κ3) is 4.21. The summed E-state index contributed by atoms with van der Waals surface area (Å²) in [6.45, 7) is 7.54. The largest absolute Gasteiger partial charge is 0.534 e. The first-order valence-electron chi connectivity index (χ1n) is 11.0. The van der Waals surface area contributed by atoms with Gasteiger partial charge in [0.1, 0.15) is 5.75 Å². The Kier molecular flexibility index (Phi) is 6.04. The number of halogens is 3. The smallest absolute Gasteiger partial charge is 0.376 e.